The average molecular weight is 209 g/mol. The first-order valence-corrected chi connectivity index (χ1v) is 4.87. The van der Waals surface area contributed by atoms with Gasteiger partial charge in [0.25, 0.3) is 0 Å². The first kappa shape index (κ1) is 11.4. The summed E-state index contributed by atoms with van der Waals surface area (Å²) in [6, 6.07) is 4.01. The molecule has 4 heteroatoms. The highest BCUT2D eigenvalue weighted by Crippen LogP contribution is 2.27. The summed E-state index contributed by atoms with van der Waals surface area (Å²) in [5, 5.41) is 21.1. The van der Waals surface area contributed by atoms with Crippen LogP contribution in [0.5, 0.6) is 11.5 Å². The lowest BCUT2D eigenvalue weighted by Gasteiger charge is -2.11. The number of benzene rings is 1. The van der Waals surface area contributed by atoms with Crippen molar-refractivity contribution in [2.24, 2.45) is 5.92 Å². The van der Waals surface area contributed by atoms with Crippen molar-refractivity contribution in [2.45, 2.75) is 20.3 Å². The van der Waals surface area contributed by atoms with Gasteiger partial charge in [-0.2, -0.15) is 0 Å². The van der Waals surface area contributed by atoms with Crippen molar-refractivity contribution in [3.05, 3.63) is 18.2 Å². The fraction of sp³-hybridized carbons (Fsp3) is 0.364. The lowest BCUT2D eigenvalue weighted by atomic mass is 10.1. The molecule has 1 amide bonds. The normalized spacial score (nSPS) is 12.1. The maximum absolute atomic E-state index is 11.5. The van der Waals surface area contributed by atoms with Crippen LogP contribution in [0.3, 0.4) is 0 Å². The molecule has 4 nitrogen and oxygen atoms in total. The summed E-state index contributed by atoms with van der Waals surface area (Å²) in [7, 11) is 0. The maximum atomic E-state index is 11.5. The molecule has 0 aliphatic heterocycles. The second kappa shape index (κ2) is 4.68. The minimum atomic E-state index is -0.168. The molecule has 0 heterocycles. The zero-order valence-electron chi connectivity index (χ0n) is 8.82. The molecule has 1 atom stereocenters. The maximum Gasteiger partial charge on any atom is 0.227 e. The number of anilines is 1. The third-order valence-electron chi connectivity index (χ3n) is 2.30. The van der Waals surface area contributed by atoms with Crippen LogP contribution in [0.4, 0.5) is 5.69 Å². The molecule has 0 saturated carbocycles. The number of carbonyl (C=O) groups is 1. The Morgan fingerprint density at radius 2 is 2.13 bits per heavy atom. The summed E-state index contributed by atoms with van der Waals surface area (Å²) in [6.45, 7) is 3.71. The van der Waals surface area contributed by atoms with E-state index in [1.165, 1.54) is 18.2 Å². The molecular formula is C11H15NO3. The van der Waals surface area contributed by atoms with E-state index in [0.29, 0.717) is 0 Å². The van der Waals surface area contributed by atoms with Gasteiger partial charge < -0.3 is 15.5 Å². The number of carbonyl (C=O) groups excluding carboxylic acids is 1. The summed E-state index contributed by atoms with van der Waals surface area (Å²) in [4.78, 5) is 11.5. The summed E-state index contributed by atoms with van der Waals surface area (Å²) >= 11 is 0. The van der Waals surface area contributed by atoms with Gasteiger partial charge >= 0.3 is 0 Å². The van der Waals surface area contributed by atoms with Gasteiger partial charge in [0.05, 0.1) is 5.69 Å². The number of aromatic hydroxyl groups is 2. The van der Waals surface area contributed by atoms with Crippen molar-refractivity contribution < 1.29 is 15.0 Å². The molecule has 82 valence electrons. The third-order valence-corrected chi connectivity index (χ3v) is 2.30. The second-order valence-corrected chi connectivity index (χ2v) is 3.50. The van der Waals surface area contributed by atoms with Crippen molar-refractivity contribution >= 4 is 11.6 Å². The standard InChI is InChI=1S/C11H15NO3/c1-3-7(2)11(15)12-9-6-8(13)4-5-10(9)14/h4-7,13-14H,3H2,1-2H3,(H,12,15). The van der Waals surface area contributed by atoms with Crippen LogP contribution in [0, 0.1) is 5.92 Å². The number of phenolic OH excluding ortho intramolecular Hbond substituents is 2. The summed E-state index contributed by atoms with van der Waals surface area (Å²) in [5.41, 5.74) is 0.236. The molecule has 0 spiro atoms. The van der Waals surface area contributed by atoms with Crippen molar-refractivity contribution in [1.82, 2.24) is 0 Å². The zero-order valence-corrected chi connectivity index (χ0v) is 8.82. The fourth-order valence-electron chi connectivity index (χ4n) is 1.07. The van der Waals surface area contributed by atoms with Crippen molar-refractivity contribution in [3.63, 3.8) is 0 Å². The number of rotatable bonds is 3. The van der Waals surface area contributed by atoms with E-state index in [4.69, 9.17) is 0 Å². The Hall–Kier alpha value is -1.71. The zero-order chi connectivity index (χ0) is 11.4. The average Bonchev–Trinajstić information content (AvgIpc) is 2.22. The second-order valence-electron chi connectivity index (χ2n) is 3.50. The SMILES string of the molecule is CCC(C)C(=O)Nc1cc(O)ccc1O. The van der Waals surface area contributed by atoms with Crippen LogP contribution in [0.15, 0.2) is 18.2 Å². The lowest BCUT2D eigenvalue weighted by Crippen LogP contribution is -2.19. The van der Waals surface area contributed by atoms with Gasteiger partial charge in [-0.05, 0) is 18.6 Å². The molecule has 0 radical (unpaired) electrons. The molecule has 1 rings (SSSR count). The Morgan fingerprint density at radius 3 is 2.73 bits per heavy atom. The van der Waals surface area contributed by atoms with E-state index in [0.717, 1.165) is 6.42 Å². The highest BCUT2D eigenvalue weighted by molar-refractivity contribution is 5.93. The number of hydrogen-bond donors (Lipinski definition) is 3. The van der Waals surface area contributed by atoms with Gasteiger partial charge in [-0.15, -0.1) is 0 Å². The predicted molar refractivity (Wildman–Crippen MR) is 57.9 cm³/mol. The minimum absolute atomic E-state index is 0.00671. The Kier molecular flexibility index (Phi) is 3.55. The molecule has 0 bridgehead atoms. The Balaban J connectivity index is 2.80. The summed E-state index contributed by atoms with van der Waals surface area (Å²) in [5.74, 6) is -0.332. The van der Waals surface area contributed by atoms with Crippen LogP contribution in [0.2, 0.25) is 0 Å². The summed E-state index contributed by atoms with van der Waals surface area (Å²) in [6.07, 6.45) is 0.728. The molecule has 0 saturated heterocycles. The first-order chi connectivity index (χ1) is 7.04. The monoisotopic (exact) mass is 209 g/mol. The van der Waals surface area contributed by atoms with Crippen molar-refractivity contribution in [3.8, 4) is 11.5 Å². The number of hydrogen-bond acceptors (Lipinski definition) is 3. The van der Waals surface area contributed by atoms with Gasteiger partial charge in [-0.25, -0.2) is 0 Å². The lowest BCUT2D eigenvalue weighted by molar-refractivity contribution is -0.119. The van der Waals surface area contributed by atoms with Gasteiger partial charge in [0, 0.05) is 12.0 Å². The van der Waals surface area contributed by atoms with Crippen molar-refractivity contribution in [1.29, 1.82) is 0 Å². The fourth-order valence-corrected chi connectivity index (χ4v) is 1.07. The van der Waals surface area contributed by atoms with Crippen LogP contribution in [0.25, 0.3) is 0 Å². The van der Waals surface area contributed by atoms with Gasteiger partial charge in [0.1, 0.15) is 11.5 Å². The number of nitrogens with one attached hydrogen (secondary N) is 1. The molecule has 1 unspecified atom stereocenters. The van der Waals surface area contributed by atoms with E-state index in [-0.39, 0.29) is 29.0 Å². The van der Waals surface area contributed by atoms with Crippen LogP contribution in [-0.4, -0.2) is 16.1 Å². The van der Waals surface area contributed by atoms with Crippen LogP contribution in [-0.2, 0) is 4.79 Å². The molecule has 1 aromatic carbocycles. The smallest absolute Gasteiger partial charge is 0.227 e. The molecule has 0 fully saturated rings. The summed E-state index contributed by atoms with van der Waals surface area (Å²) < 4.78 is 0. The minimum Gasteiger partial charge on any atom is -0.508 e. The third kappa shape index (κ3) is 2.87. The Morgan fingerprint density at radius 1 is 1.47 bits per heavy atom. The molecule has 0 aliphatic rings. The van der Waals surface area contributed by atoms with E-state index in [2.05, 4.69) is 5.32 Å². The highest BCUT2D eigenvalue weighted by Gasteiger charge is 2.12. The van der Waals surface area contributed by atoms with E-state index < -0.39 is 0 Å². The van der Waals surface area contributed by atoms with E-state index in [1.807, 2.05) is 6.92 Å². The molecule has 0 aliphatic carbocycles. The van der Waals surface area contributed by atoms with Gasteiger partial charge in [0.2, 0.25) is 5.91 Å². The number of phenols is 2. The number of amides is 1. The Bertz CT molecular complexity index is 363. The largest absolute Gasteiger partial charge is 0.508 e. The van der Waals surface area contributed by atoms with E-state index in [1.54, 1.807) is 6.92 Å². The first-order valence-electron chi connectivity index (χ1n) is 4.87. The highest BCUT2D eigenvalue weighted by atomic mass is 16.3. The molecule has 1 aromatic rings. The van der Waals surface area contributed by atoms with Crippen LogP contribution < -0.4 is 5.32 Å². The van der Waals surface area contributed by atoms with E-state index in [9.17, 15) is 15.0 Å². The van der Waals surface area contributed by atoms with Crippen LogP contribution in [0.1, 0.15) is 20.3 Å². The van der Waals surface area contributed by atoms with E-state index >= 15 is 0 Å². The van der Waals surface area contributed by atoms with Gasteiger partial charge in [-0.1, -0.05) is 13.8 Å². The van der Waals surface area contributed by atoms with Crippen molar-refractivity contribution in [2.75, 3.05) is 5.32 Å². The van der Waals surface area contributed by atoms with Gasteiger partial charge in [0.15, 0.2) is 0 Å². The molecule has 3 N–H and O–H groups in total. The topological polar surface area (TPSA) is 69.6 Å². The quantitative estimate of drug-likeness (QED) is 0.527. The molecular weight excluding hydrogens is 194 g/mol. The van der Waals surface area contributed by atoms with Crippen LogP contribution >= 0.6 is 0 Å². The Labute approximate surface area is 88.6 Å². The molecule has 15 heavy (non-hydrogen) atoms. The predicted octanol–water partition coefficient (Wildman–Crippen LogP) is 2.08. The molecule has 0 aromatic heterocycles. The van der Waals surface area contributed by atoms with Gasteiger partial charge in [-0.3, -0.25) is 4.79 Å².